The Balaban J connectivity index is 2.08. The molecule has 0 saturated carbocycles. The highest BCUT2D eigenvalue weighted by atomic mass is 35.5. The Morgan fingerprint density at radius 1 is 1.69 bits per heavy atom. The third kappa shape index (κ3) is 2.21. The summed E-state index contributed by atoms with van der Waals surface area (Å²) in [5, 5.41) is 8.88. The van der Waals surface area contributed by atoms with E-state index in [-0.39, 0.29) is 18.2 Å². The van der Waals surface area contributed by atoms with Gasteiger partial charge in [0.05, 0.1) is 19.1 Å². The van der Waals surface area contributed by atoms with Crippen LogP contribution in [-0.2, 0) is 20.1 Å². The van der Waals surface area contributed by atoms with Crippen molar-refractivity contribution in [3.63, 3.8) is 0 Å². The number of halogens is 1. The summed E-state index contributed by atoms with van der Waals surface area (Å²) in [7, 11) is 0. The van der Waals surface area contributed by atoms with E-state index in [1.165, 1.54) is 0 Å². The lowest BCUT2D eigenvalue weighted by atomic mass is 10.2. The molecule has 0 aliphatic carbocycles. The van der Waals surface area contributed by atoms with Gasteiger partial charge in [-0.05, 0) is 30.7 Å². The molecule has 1 fully saturated rings. The zero-order chi connectivity index (χ0) is 11.8. The maximum atomic E-state index is 10.5. The molecule has 2 unspecified atom stereocenters. The van der Waals surface area contributed by atoms with Gasteiger partial charge in [0.1, 0.15) is 0 Å². The molecule has 0 radical (unpaired) electrons. The first-order valence-electron chi connectivity index (χ1n) is 4.79. The average molecular weight is 247 g/mol. The highest BCUT2D eigenvalue weighted by molar-refractivity contribution is 6.28. The van der Waals surface area contributed by atoms with Crippen LogP contribution in [0.3, 0.4) is 0 Å². The summed E-state index contributed by atoms with van der Waals surface area (Å²) in [6.07, 6.45) is -0.560. The van der Waals surface area contributed by atoms with Crippen molar-refractivity contribution < 1.29 is 23.8 Å². The van der Waals surface area contributed by atoms with Crippen LogP contribution in [0, 0.1) is 0 Å². The summed E-state index contributed by atoms with van der Waals surface area (Å²) in [6.45, 7) is 1.89. The van der Waals surface area contributed by atoms with Crippen molar-refractivity contribution >= 4 is 17.6 Å². The second kappa shape index (κ2) is 4.08. The molecule has 0 amide bonds. The number of carboxylic acids is 1. The molecule has 2 heterocycles. The summed E-state index contributed by atoms with van der Waals surface area (Å²) >= 11 is 5.65. The van der Waals surface area contributed by atoms with E-state index >= 15 is 0 Å². The molecule has 0 aromatic carbocycles. The van der Waals surface area contributed by atoms with Gasteiger partial charge in [0.2, 0.25) is 5.79 Å². The first kappa shape index (κ1) is 11.4. The number of rotatable bonds is 3. The molecule has 1 aliphatic rings. The molecule has 1 saturated heterocycles. The number of carbonyl (C=O) groups is 1. The minimum atomic E-state index is -1.05. The normalized spacial score (nSPS) is 29.5. The van der Waals surface area contributed by atoms with Crippen LogP contribution in [0.5, 0.6) is 0 Å². The van der Waals surface area contributed by atoms with Crippen LogP contribution in [0.25, 0.3) is 0 Å². The predicted octanol–water partition coefficient (Wildman–Crippen LogP) is 2.00. The van der Waals surface area contributed by atoms with Crippen LogP contribution in [0.2, 0.25) is 5.22 Å². The van der Waals surface area contributed by atoms with Gasteiger partial charge in [-0.2, -0.15) is 0 Å². The fourth-order valence-electron chi connectivity index (χ4n) is 1.62. The lowest BCUT2D eigenvalue weighted by Gasteiger charge is -2.20. The Bertz CT molecular complexity index is 402. The van der Waals surface area contributed by atoms with E-state index in [0.717, 1.165) is 0 Å². The van der Waals surface area contributed by atoms with Crippen molar-refractivity contribution in [3.05, 3.63) is 23.1 Å². The van der Waals surface area contributed by atoms with Gasteiger partial charge in [-0.3, -0.25) is 4.79 Å². The topological polar surface area (TPSA) is 68.9 Å². The highest BCUT2D eigenvalue weighted by Gasteiger charge is 2.42. The van der Waals surface area contributed by atoms with E-state index in [0.29, 0.717) is 5.76 Å². The number of ether oxygens (including phenoxy) is 2. The fraction of sp³-hybridized carbons (Fsp3) is 0.500. The highest BCUT2D eigenvalue weighted by Crippen LogP contribution is 2.36. The van der Waals surface area contributed by atoms with Gasteiger partial charge >= 0.3 is 5.97 Å². The van der Waals surface area contributed by atoms with Crippen LogP contribution >= 0.6 is 11.6 Å². The zero-order valence-electron chi connectivity index (χ0n) is 8.60. The lowest BCUT2D eigenvalue weighted by Crippen LogP contribution is -2.24. The van der Waals surface area contributed by atoms with Crippen molar-refractivity contribution in [2.45, 2.75) is 25.2 Å². The molecule has 16 heavy (non-hydrogen) atoms. The van der Waals surface area contributed by atoms with E-state index in [2.05, 4.69) is 0 Å². The van der Waals surface area contributed by atoms with Gasteiger partial charge in [0, 0.05) is 0 Å². The Hall–Kier alpha value is -1.04. The number of hydrogen-bond acceptors (Lipinski definition) is 4. The summed E-state index contributed by atoms with van der Waals surface area (Å²) in [6, 6.07) is 3.23. The minimum absolute atomic E-state index is 0.0932. The Labute approximate surface area is 96.9 Å². The van der Waals surface area contributed by atoms with Gasteiger partial charge in [0.25, 0.3) is 0 Å². The fourth-order valence-corrected chi connectivity index (χ4v) is 1.77. The summed E-state index contributed by atoms with van der Waals surface area (Å²) < 4.78 is 16.1. The number of hydrogen-bond donors (Lipinski definition) is 1. The minimum Gasteiger partial charge on any atom is -0.481 e. The molecule has 0 bridgehead atoms. The van der Waals surface area contributed by atoms with Gasteiger partial charge in [-0.1, -0.05) is 0 Å². The van der Waals surface area contributed by atoms with E-state index < -0.39 is 17.9 Å². The summed E-state index contributed by atoms with van der Waals surface area (Å²) in [5.74, 6) is -1.53. The van der Waals surface area contributed by atoms with E-state index in [9.17, 15) is 4.79 Å². The number of carboxylic acid groups (broad SMARTS) is 1. The first-order valence-corrected chi connectivity index (χ1v) is 5.17. The van der Waals surface area contributed by atoms with Crippen LogP contribution in [0.1, 0.15) is 19.1 Å². The van der Waals surface area contributed by atoms with E-state index in [4.69, 9.17) is 30.6 Å². The third-order valence-electron chi connectivity index (χ3n) is 2.36. The molecule has 5 nitrogen and oxygen atoms in total. The molecular weight excluding hydrogens is 236 g/mol. The van der Waals surface area contributed by atoms with E-state index in [1.54, 1.807) is 19.1 Å². The van der Waals surface area contributed by atoms with Gasteiger partial charge < -0.3 is 19.0 Å². The number of furan rings is 1. The van der Waals surface area contributed by atoms with Crippen molar-refractivity contribution in [1.82, 2.24) is 0 Å². The van der Waals surface area contributed by atoms with Crippen LogP contribution in [0.15, 0.2) is 16.5 Å². The van der Waals surface area contributed by atoms with Crippen molar-refractivity contribution in [1.29, 1.82) is 0 Å². The Morgan fingerprint density at radius 3 is 3.00 bits per heavy atom. The molecule has 88 valence electrons. The van der Waals surface area contributed by atoms with Gasteiger partial charge in [-0.15, -0.1) is 0 Å². The van der Waals surface area contributed by atoms with E-state index in [1.807, 2.05) is 0 Å². The zero-order valence-corrected chi connectivity index (χ0v) is 9.36. The maximum absolute atomic E-state index is 10.5. The SMILES string of the molecule is CC1(c2ccc(Cl)o2)OCC(CC(=O)O)O1. The van der Waals surface area contributed by atoms with Crippen molar-refractivity contribution in [2.75, 3.05) is 6.61 Å². The van der Waals surface area contributed by atoms with Gasteiger partial charge in [0.15, 0.2) is 11.0 Å². The number of aliphatic carboxylic acids is 1. The smallest absolute Gasteiger partial charge is 0.306 e. The molecule has 2 atom stereocenters. The second-order valence-corrected chi connectivity index (χ2v) is 4.07. The molecule has 0 spiro atoms. The molecule has 1 aromatic heterocycles. The predicted molar refractivity (Wildman–Crippen MR) is 54.1 cm³/mol. The molecular formula is C10H11ClO5. The summed E-state index contributed by atoms with van der Waals surface area (Å²) in [5.41, 5.74) is 0. The van der Waals surface area contributed by atoms with Crippen LogP contribution in [-0.4, -0.2) is 23.8 Å². The lowest BCUT2D eigenvalue weighted by molar-refractivity contribution is -0.176. The van der Waals surface area contributed by atoms with Gasteiger partial charge in [-0.25, -0.2) is 0 Å². The monoisotopic (exact) mass is 246 g/mol. The Kier molecular flexibility index (Phi) is 2.92. The van der Waals surface area contributed by atoms with Crippen molar-refractivity contribution in [3.8, 4) is 0 Å². The first-order chi connectivity index (χ1) is 7.49. The maximum Gasteiger partial charge on any atom is 0.306 e. The van der Waals surface area contributed by atoms with Crippen LogP contribution < -0.4 is 0 Å². The quantitative estimate of drug-likeness (QED) is 0.883. The molecule has 1 aliphatic heterocycles. The standard InChI is InChI=1S/C10H11ClO5/c1-10(7-2-3-8(11)15-7)14-5-6(16-10)4-9(12)13/h2-3,6H,4-5H2,1H3,(H,12,13). The molecule has 1 N–H and O–H groups in total. The van der Waals surface area contributed by atoms with Crippen molar-refractivity contribution in [2.24, 2.45) is 0 Å². The Morgan fingerprint density at radius 2 is 2.44 bits per heavy atom. The largest absolute Gasteiger partial charge is 0.481 e. The average Bonchev–Trinajstić information content (AvgIpc) is 2.73. The second-order valence-electron chi connectivity index (χ2n) is 3.70. The molecule has 6 heteroatoms. The summed E-state index contributed by atoms with van der Waals surface area (Å²) in [4.78, 5) is 10.5. The molecule has 2 rings (SSSR count). The third-order valence-corrected chi connectivity index (χ3v) is 2.56. The van der Waals surface area contributed by atoms with Crippen LogP contribution in [0.4, 0.5) is 0 Å². The molecule has 1 aromatic rings.